The maximum atomic E-state index is 14.0. The number of hydrogen-bond acceptors (Lipinski definition) is 3. The van der Waals surface area contributed by atoms with E-state index in [0.29, 0.717) is 26.1 Å². The number of amides is 2. The molecule has 2 saturated heterocycles. The first-order chi connectivity index (χ1) is 15.0. The van der Waals surface area contributed by atoms with E-state index in [0.717, 1.165) is 36.9 Å². The van der Waals surface area contributed by atoms with Crippen LogP contribution in [0.3, 0.4) is 0 Å². The Balaban J connectivity index is 1.38. The molecular weight excluding hydrogens is 395 g/mol. The molecule has 5 nitrogen and oxygen atoms in total. The van der Waals surface area contributed by atoms with Crippen molar-refractivity contribution in [2.75, 3.05) is 31.1 Å². The molecule has 2 aromatic carbocycles. The molecule has 2 amide bonds. The van der Waals surface area contributed by atoms with Gasteiger partial charge in [0.2, 0.25) is 5.91 Å². The monoisotopic (exact) mass is 422 g/mol. The quantitative estimate of drug-likeness (QED) is 0.758. The van der Waals surface area contributed by atoms with Crippen LogP contribution in [0.1, 0.15) is 37.7 Å². The first kappa shape index (κ1) is 20.2. The molecule has 31 heavy (non-hydrogen) atoms. The van der Waals surface area contributed by atoms with E-state index in [2.05, 4.69) is 0 Å². The van der Waals surface area contributed by atoms with Crippen LogP contribution in [0, 0.1) is 5.82 Å². The van der Waals surface area contributed by atoms with Crippen LogP contribution in [0.4, 0.5) is 10.1 Å². The van der Waals surface area contributed by atoms with Gasteiger partial charge in [0.1, 0.15) is 18.0 Å². The Kier molecular flexibility index (Phi) is 5.05. The second-order valence-corrected chi connectivity index (χ2v) is 9.06. The maximum absolute atomic E-state index is 14.0. The van der Waals surface area contributed by atoms with Gasteiger partial charge in [-0.25, -0.2) is 4.39 Å². The number of anilines is 1. The molecule has 1 atom stereocenters. The number of hydrogen-bond donors (Lipinski definition) is 0. The topological polar surface area (TPSA) is 49.9 Å². The fourth-order valence-corrected chi connectivity index (χ4v) is 5.52. The molecule has 3 fully saturated rings. The molecule has 0 aromatic heterocycles. The molecule has 0 N–H and O–H groups in total. The summed E-state index contributed by atoms with van der Waals surface area (Å²) in [5.41, 5.74) is 0.423. The number of carbonyl (C=O) groups excluding carboxylic acids is 2. The molecule has 2 aromatic rings. The van der Waals surface area contributed by atoms with Crippen LogP contribution < -0.4 is 4.90 Å². The van der Waals surface area contributed by atoms with Gasteiger partial charge in [0.15, 0.2) is 0 Å². The molecule has 1 aliphatic carbocycles. The summed E-state index contributed by atoms with van der Waals surface area (Å²) in [7, 11) is 0. The van der Waals surface area contributed by atoms with Crippen molar-refractivity contribution >= 4 is 17.5 Å². The number of morpholine rings is 1. The van der Waals surface area contributed by atoms with Crippen LogP contribution in [-0.4, -0.2) is 48.6 Å². The van der Waals surface area contributed by atoms with Crippen LogP contribution in [0.2, 0.25) is 0 Å². The number of para-hydroxylation sites is 1. The fourth-order valence-electron chi connectivity index (χ4n) is 5.52. The van der Waals surface area contributed by atoms with Crippen LogP contribution >= 0.6 is 0 Å². The van der Waals surface area contributed by atoms with Gasteiger partial charge >= 0.3 is 0 Å². The number of nitrogens with zero attached hydrogens (tertiary/aromatic N) is 2. The lowest BCUT2D eigenvalue weighted by Crippen LogP contribution is -2.57. The molecule has 1 unspecified atom stereocenters. The zero-order valence-corrected chi connectivity index (χ0v) is 17.6. The minimum Gasteiger partial charge on any atom is -0.361 e. The van der Waals surface area contributed by atoms with E-state index < -0.39 is 11.0 Å². The standard InChI is InChI=1S/C25H27FN2O3/c26-20-8-6-7-19(15-20)25(11-4-5-12-25)23(30)27-14-13-24(17-27)18-28(22(29)16-31-24)21-9-2-1-3-10-21/h1-3,6-10,15H,4-5,11-14,16-18H2. The zero-order valence-electron chi connectivity index (χ0n) is 17.6. The Morgan fingerprint density at radius 2 is 1.74 bits per heavy atom. The van der Waals surface area contributed by atoms with Gasteiger partial charge in [0, 0.05) is 12.2 Å². The van der Waals surface area contributed by atoms with Crippen molar-refractivity contribution in [3.8, 4) is 0 Å². The molecule has 1 saturated carbocycles. The number of likely N-dealkylation sites (tertiary alicyclic amines) is 1. The highest BCUT2D eigenvalue weighted by atomic mass is 19.1. The highest BCUT2D eigenvalue weighted by molar-refractivity contribution is 5.95. The van der Waals surface area contributed by atoms with E-state index in [1.807, 2.05) is 41.3 Å². The number of carbonyl (C=O) groups is 2. The molecule has 1 spiro atoms. The Hall–Kier alpha value is -2.73. The van der Waals surface area contributed by atoms with E-state index in [9.17, 15) is 14.0 Å². The van der Waals surface area contributed by atoms with E-state index >= 15 is 0 Å². The Morgan fingerprint density at radius 3 is 2.48 bits per heavy atom. The first-order valence-corrected chi connectivity index (χ1v) is 11.1. The van der Waals surface area contributed by atoms with Crippen molar-refractivity contribution in [1.82, 2.24) is 4.90 Å². The van der Waals surface area contributed by atoms with Gasteiger partial charge < -0.3 is 14.5 Å². The lowest BCUT2D eigenvalue weighted by molar-refractivity contribution is -0.141. The molecule has 2 heterocycles. The molecule has 2 aliphatic heterocycles. The third kappa shape index (κ3) is 3.53. The predicted molar refractivity (Wildman–Crippen MR) is 115 cm³/mol. The third-order valence-electron chi connectivity index (χ3n) is 7.16. The summed E-state index contributed by atoms with van der Waals surface area (Å²) in [6.07, 6.45) is 4.11. The average molecular weight is 423 g/mol. The average Bonchev–Trinajstić information content (AvgIpc) is 3.45. The van der Waals surface area contributed by atoms with Crippen LogP contribution in [0.15, 0.2) is 54.6 Å². The summed E-state index contributed by atoms with van der Waals surface area (Å²) in [5.74, 6) is -0.296. The van der Waals surface area contributed by atoms with Gasteiger partial charge in [-0.05, 0) is 49.1 Å². The molecule has 0 radical (unpaired) electrons. The van der Waals surface area contributed by atoms with Crippen molar-refractivity contribution in [2.45, 2.75) is 43.1 Å². The molecule has 6 heteroatoms. The lowest BCUT2D eigenvalue weighted by atomic mass is 9.77. The van der Waals surface area contributed by atoms with Crippen molar-refractivity contribution in [3.63, 3.8) is 0 Å². The Labute approximate surface area is 181 Å². The summed E-state index contributed by atoms with van der Waals surface area (Å²) in [4.78, 5) is 30.0. The van der Waals surface area contributed by atoms with E-state index in [1.54, 1.807) is 11.0 Å². The highest BCUT2D eigenvalue weighted by Gasteiger charge is 2.51. The number of halogens is 1. The maximum Gasteiger partial charge on any atom is 0.253 e. The van der Waals surface area contributed by atoms with Gasteiger partial charge in [-0.3, -0.25) is 9.59 Å². The number of rotatable bonds is 3. The van der Waals surface area contributed by atoms with Crippen LogP contribution in [0.25, 0.3) is 0 Å². The molecule has 0 bridgehead atoms. The molecular formula is C25H27FN2O3. The van der Waals surface area contributed by atoms with E-state index in [4.69, 9.17) is 4.74 Å². The van der Waals surface area contributed by atoms with Crippen molar-refractivity contribution in [3.05, 3.63) is 66.0 Å². The third-order valence-corrected chi connectivity index (χ3v) is 7.16. The van der Waals surface area contributed by atoms with Gasteiger partial charge in [-0.15, -0.1) is 0 Å². The summed E-state index contributed by atoms with van der Waals surface area (Å²) in [5, 5.41) is 0. The Morgan fingerprint density at radius 1 is 0.968 bits per heavy atom. The normalized spacial score (nSPS) is 25.4. The minimum absolute atomic E-state index is 0.0198. The number of ether oxygens (including phenoxy) is 1. The summed E-state index contributed by atoms with van der Waals surface area (Å²) in [6, 6.07) is 16.1. The van der Waals surface area contributed by atoms with Crippen molar-refractivity contribution < 1.29 is 18.7 Å². The van der Waals surface area contributed by atoms with E-state index in [1.165, 1.54) is 12.1 Å². The molecule has 3 aliphatic rings. The Bertz CT molecular complexity index is 989. The highest BCUT2D eigenvalue weighted by Crippen LogP contribution is 2.44. The van der Waals surface area contributed by atoms with Crippen LogP contribution in [0.5, 0.6) is 0 Å². The van der Waals surface area contributed by atoms with Gasteiger partial charge in [-0.1, -0.05) is 43.2 Å². The molecule has 5 rings (SSSR count). The van der Waals surface area contributed by atoms with Gasteiger partial charge in [0.05, 0.1) is 18.5 Å². The van der Waals surface area contributed by atoms with Crippen LogP contribution in [-0.2, 0) is 19.7 Å². The predicted octanol–water partition coefficient (Wildman–Crippen LogP) is 3.67. The second kappa shape index (κ2) is 7.75. The number of benzene rings is 2. The lowest BCUT2D eigenvalue weighted by Gasteiger charge is -2.40. The second-order valence-electron chi connectivity index (χ2n) is 9.06. The largest absolute Gasteiger partial charge is 0.361 e. The summed E-state index contributed by atoms with van der Waals surface area (Å²) >= 11 is 0. The van der Waals surface area contributed by atoms with E-state index in [-0.39, 0.29) is 24.2 Å². The van der Waals surface area contributed by atoms with Crippen molar-refractivity contribution in [2.24, 2.45) is 0 Å². The smallest absolute Gasteiger partial charge is 0.253 e. The SMILES string of the molecule is O=C1COC2(CCN(C(=O)C3(c4cccc(F)c4)CCCC3)C2)CN1c1ccccc1. The zero-order chi connectivity index (χ0) is 21.5. The fraction of sp³-hybridized carbons (Fsp3) is 0.440. The van der Waals surface area contributed by atoms with Gasteiger partial charge in [-0.2, -0.15) is 0 Å². The summed E-state index contributed by atoms with van der Waals surface area (Å²) in [6.45, 7) is 1.50. The molecule has 162 valence electrons. The summed E-state index contributed by atoms with van der Waals surface area (Å²) < 4.78 is 20.0. The van der Waals surface area contributed by atoms with Crippen molar-refractivity contribution in [1.29, 1.82) is 0 Å². The van der Waals surface area contributed by atoms with Gasteiger partial charge in [0.25, 0.3) is 5.91 Å². The minimum atomic E-state index is -0.656. The first-order valence-electron chi connectivity index (χ1n) is 11.1.